The molecular weight excluding hydrogens is 588 g/mol. The molecule has 1 aromatic heterocycles. The van der Waals surface area contributed by atoms with Crippen LogP contribution in [-0.2, 0) is 9.84 Å². The van der Waals surface area contributed by atoms with Crippen LogP contribution in [-0.4, -0.2) is 93.7 Å². The van der Waals surface area contributed by atoms with E-state index < -0.39 is 32.3 Å². The first-order valence-corrected chi connectivity index (χ1v) is 16.1. The van der Waals surface area contributed by atoms with Crippen LogP contribution in [0.5, 0.6) is 0 Å². The van der Waals surface area contributed by atoms with Crippen LogP contribution in [0.25, 0.3) is 22.2 Å². The Hall–Kier alpha value is -4.07. The number of primary amides is 1. The summed E-state index contributed by atoms with van der Waals surface area (Å²) in [6.07, 6.45) is 2.09. The number of anilines is 2. The third-order valence-electron chi connectivity index (χ3n) is 8.71. The van der Waals surface area contributed by atoms with Crippen molar-refractivity contribution >= 4 is 38.0 Å². The van der Waals surface area contributed by atoms with E-state index in [1.807, 2.05) is 6.07 Å². The molecular formula is C31H35F2N7O3S. The van der Waals surface area contributed by atoms with Crippen molar-refractivity contribution in [3.63, 3.8) is 0 Å². The highest BCUT2D eigenvalue weighted by Crippen LogP contribution is 2.43. The average molecular weight is 624 g/mol. The minimum absolute atomic E-state index is 0.146. The molecule has 0 saturated carbocycles. The van der Waals surface area contributed by atoms with E-state index >= 15 is 0 Å². The second kappa shape index (κ2) is 11.8. The Labute approximate surface area is 254 Å². The molecule has 1 amide bonds. The normalized spacial score (nSPS) is 18.3. The molecule has 0 spiro atoms. The van der Waals surface area contributed by atoms with Crippen LogP contribution in [0.2, 0.25) is 0 Å². The average Bonchev–Trinajstić information content (AvgIpc) is 3.60. The van der Waals surface area contributed by atoms with E-state index in [4.69, 9.17) is 5.73 Å². The number of likely N-dealkylation sites (tertiary alicyclic amines) is 1. The first-order valence-electron chi connectivity index (χ1n) is 14.6. The van der Waals surface area contributed by atoms with Gasteiger partial charge in [-0.05, 0) is 75.9 Å². The number of amides is 1. The number of aromatic amines is 1. The van der Waals surface area contributed by atoms with Gasteiger partial charge in [0.25, 0.3) is 5.91 Å². The zero-order valence-corrected chi connectivity index (χ0v) is 25.4. The van der Waals surface area contributed by atoms with Crippen molar-refractivity contribution in [2.75, 3.05) is 63.6 Å². The molecule has 232 valence electrons. The van der Waals surface area contributed by atoms with Crippen molar-refractivity contribution in [2.24, 2.45) is 5.73 Å². The van der Waals surface area contributed by atoms with E-state index in [0.717, 1.165) is 63.4 Å². The van der Waals surface area contributed by atoms with Gasteiger partial charge < -0.3 is 25.8 Å². The van der Waals surface area contributed by atoms with E-state index in [2.05, 4.69) is 44.3 Å². The highest BCUT2D eigenvalue weighted by molar-refractivity contribution is 7.91. The van der Waals surface area contributed by atoms with Crippen LogP contribution < -0.4 is 16.0 Å². The molecule has 1 atom stereocenters. The van der Waals surface area contributed by atoms with Crippen LogP contribution >= 0.6 is 0 Å². The van der Waals surface area contributed by atoms with Crippen LogP contribution in [0.1, 0.15) is 23.2 Å². The van der Waals surface area contributed by atoms with E-state index in [1.165, 1.54) is 12.1 Å². The van der Waals surface area contributed by atoms with Crippen molar-refractivity contribution in [3.05, 3.63) is 65.7 Å². The topological polar surface area (TPSA) is 128 Å². The molecule has 1 unspecified atom stereocenters. The SMILES string of the molecule is CN1CCN(c2ccc(C(N)=O)c(NCC3CCCN3C)c2-c2n[nH]c3ccc(S(=O)(=O)c4cc(F)cc(F)c4)cc23)CC1. The van der Waals surface area contributed by atoms with Gasteiger partial charge in [-0.3, -0.25) is 9.89 Å². The Kier molecular flexibility index (Phi) is 8.03. The van der Waals surface area contributed by atoms with Crippen molar-refractivity contribution in [3.8, 4) is 11.3 Å². The molecule has 2 aliphatic heterocycles. The van der Waals surface area contributed by atoms with E-state index in [9.17, 15) is 22.0 Å². The number of likely N-dealkylation sites (N-methyl/N-ethyl adjacent to an activating group) is 2. The number of halogens is 2. The number of hydrogen-bond acceptors (Lipinski definition) is 8. The molecule has 4 N–H and O–H groups in total. The van der Waals surface area contributed by atoms with Gasteiger partial charge >= 0.3 is 0 Å². The zero-order chi connectivity index (χ0) is 31.2. The Morgan fingerprint density at radius 2 is 1.73 bits per heavy atom. The third kappa shape index (κ3) is 5.62. The molecule has 44 heavy (non-hydrogen) atoms. The summed E-state index contributed by atoms with van der Waals surface area (Å²) in [7, 11) is -0.145. The number of nitrogens with one attached hydrogen (secondary N) is 2. The van der Waals surface area contributed by atoms with Gasteiger partial charge in [0, 0.05) is 55.9 Å². The van der Waals surface area contributed by atoms with Gasteiger partial charge in [0.05, 0.1) is 32.1 Å². The summed E-state index contributed by atoms with van der Waals surface area (Å²) in [4.78, 5) is 18.9. The largest absolute Gasteiger partial charge is 0.382 e. The smallest absolute Gasteiger partial charge is 0.250 e. The molecule has 4 aromatic rings. The summed E-state index contributed by atoms with van der Waals surface area (Å²) in [5.41, 5.74) is 9.18. The summed E-state index contributed by atoms with van der Waals surface area (Å²) >= 11 is 0. The van der Waals surface area contributed by atoms with Gasteiger partial charge in [-0.2, -0.15) is 5.10 Å². The van der Waals surface area contributed by atoms with Crippen molar-refractivity contribution in [2.45, 2.75) is 28.7 Å². The quantitative estimate of drug-likeness (QED) is 0.271. The maximum atomic E-state index is 14.0. The number of rotatable bonds is 8. The van der Waals surface area contributed by atoms with Crippen molar-refractivity contribution in [1.29, 1.82) is 0 Å². The molecule has 6 rings (SSSR count). The number of nitrogens with zero attached hydrogens (tertiary/aromatic N) is 4. The van der Waals surface area contributed by atoms with Gasteiger partial charge in [-0.1, -0.05) is 0 Å². The van der Waals surface area contributed by atoms with E-state index in [0.29, 0.717) is 46.0 Å². The highest BCUT2D eigenvalue weighted by Gasteiger charge is 2.29. The maximum Gasteiger partial charge on any atom is 0.250 e. The second-order valence-corrected chi connectivity index (χ2v) is 13.5. The molecule has 2 aliphatic rings. The predicted molar refractivity (Wildman–Crippen MR) is 166 cm³/mol. The minimum Gasteiger partial charge on any atom is -0.382 e. The fourth-order valence-electron chi connectivity index (χ4n) is 6.16. The highest BCUT2D eigenvalue weighted by atomic mass is 32.2. The lowest BCUT2D eigenvalue weighted by Crippen LogP contribution is -2.44. The van der Waals surface area contributed by atoms with Gasteiger partial charge in [-0.15, -0.1) is 0 Å². The second-order valence-electron chi connectivity index (χ2n) is 11.6. The summed E-state index contributed by atoms with van der Waals surface area (Å²) in [5.74, 6) is -2.58. The Balaban J connectivity index is 1.53. The molecule has 13 heteroatoms. The first-order chi connectivity index (χ1) is 21.0. The van der Waals surface area contributed by atoms with Crippen LogP contribution in [0.4, 0.5) is 20.2 Å². The number of H-pyrrole nitrogens is 1. The van der Waals surface area contributed by atoms with Gasteiger partial charge in [0.15, 0.2) is 0 Å². The zero-order valence-electron chi connectivity index (χ0n) is 24.6. The van der Waals surface area contributed by atoms with E-state index in [1.54, 1.807) is 12.1 Å². The number of carbonyl (C=O) groups is 1. The first kappa shape index (κ1) is 30.0. The van der Waals surface area contributed by atoms with Gasteiger partial charge in [0.2, 0.25) is 9.84 Å². The van der Waals surface area contributed by atoms with Gasteiger partial charge in [0.1, 0.15) is 17.3 Å². The number of sulfone groups is 1. The molecule has 3 heterocycles. The number of benzene rings is 3. The number of carbonyl (C=O) groups excluding carboxylic acids is 1. The number of piperazine rings is 1. The van der Waals surface area contributed by atoms with Crippen molar-refractivity contribution < 1.29 is 22.0 Å². The maximum absolute atomic E-state index is 14.0. The fourth-order valence-corrected chi connectivity index (χ4v) is 7.49. The molecule has 10 nitrogen and oxygen atoms in total. The number of hydrogen-bond donors (Lipinski definition) is 3. The lowest BCUT2D eigenvalue weighted by Gasteiger charge is -2.36. The third-order valence-corrected chi connectivity index (χ3v) is 10.4. The Morgan fingerprint density at radius 1 is 1.00 bits per heavy atom. The lowest BCUT2D eigenvalue weighted by atomic mass is 9.97. The van der Waals surface area contributed by atoms with Gasteiger partial charge in [-0.25, -0.2) is 17.2 Å². The molecule has 2 saturated heterocycles. The van der Waals surface area contributed by atoms with Crippen molar-refractivity contribution in [1.82, 2.24) is 20.0 Å². The Bertz CT molecular complexity index is 1820. The predicted octanol–water partition coefficient (Wildman–Crippen LogP) is 3.70. The fraction of sp³-hybridized carbons (Fsp3) is 0.355. The number of fused-ring (bicyclic) bond motifs is 1. The van der Waals surface area contributed by atoms with Crippen LogP contribution in [0.3, 0.4) is 0 Å². The summed E-state index contributed by atoms with van der Waals surface area (Å²) < 4.78 is 55.0. The summed E-state index contributed by atoms with van der Waals surface area (Å²) in [6, 6.07) is 10.5. The lowest BCUT2D eigenvalue weighted by molar-refractivity contribution is 0.100. The Morgan fingerprint density at radius 3 is 2.39 bits per heavy atom. The minimum atomic E-state index is -4.28. The van der Waals surface area contributed by atoms with Crippen LogP contribution in [0.15, 0.2) is 58.3 Å². The molecule has 0 aliphatic carbocycles. The number of aromatic nitrogens is 2. The molecule has 0 bridgehead atoms. The summed E-state index contributed by atoms with van der Waals surface area (Å²) in [5, 5.41) is 11.6. The summed E-state index contributed by atoms with van der Waals surface area (Å²) in [6.45, 7) is 4.69. The molecule has 2 fully saturated rings. The van der Waals surface area contributed by atoms with E-state index in [-0.39, 0.29) is 10.9 Å². The standard InChI is InChI=1S/C31H35F2N7O3S/c1-38-10-12-40(13-11-38)27-8-6-24(31(34)41)29(35-18-21-4-3-9-39(21)2)28(27)30-25-17-22(5-7-26(25)36-37-30)44(42,43)23-15-19(32)14-20(33)16-23/h5-8,14-17,21,35H,3-4,9-13,18H2,1-2H3,(H2,34,41)(H,36,37). The number of nitrogens with two attached hydrogens (primary N) is 1. The molecule has 0 radical (unpaired) electrons. The monoisotopic (exact) mass is 623 g/mol. The van der Waals surface area contributed by atoms with Crippen LogP contribution in [0, 0.1) is 11.6 Å². The molecule has 3 aromatic carbocycles.